The number of amides is 1. The second-order valence-corrected chi connectivity index (χ2v) is 7.31. The van der Waals surface area contributed by atoms with E-state index in [0.717, 1.165) is 16.6 Å². The maximum atomic E-state index is 13.3. The molecule has 0 aliphatic carbocycles. The van der Waals surface area contributed by atoms with Crippen LogP contribution in [0.15, 0.2) is 66.9 Å². The number of fused-ring (bicyclic) bond motifs is 1. The van der Waals surface area contributed by atoms with Gasteiger partial charge in [0.2, 0.25) is 5.91 Å². The molecule has 0 atom stereocenters. The van der Waals surface area contributed by atoms with Crippen molar-refractivity contribution in [3.05, 3.63) is 89.5 Å². The second kappa shape index (κ2) is 8.89. The van der Waals surface area contributed by atoms with Crippen LogP contribution in [0.3, 0.4) is 0 Å². The van der Waals surface area contributed by atoms with Gasteiger partial charge < -0.3 is 20.1 Å². The van der Waals surface area contributed by atoms with Crippen LogP contribution in [0.25, 0.3) is 10.8 Å². The molecule has 3 N–H and O–H groups in total. The van der Waals surface area contributed by atoms with Crippen molar-refractivity contribution in [2.75, 3.05) is 5.32 Å². The molecule has 2 aromatic heterocycles. The van der Waals surface area contributed by atoms with E-state index in [0.29, 0.717) is 18.4 Å². The Morgan fingerprint density at radius 1 is 1.00 bits per heavy atom. The summed E-state index contributed by atoms with van der Waals surface area (Å²) in [6, 6.07) is 16.2. The molecule has 7 nitrogen and oxygen atoms in total. The van der Waals surface area contributed by atoms with E-state index >= 15 is 0 Å². The second-order valence-electron chi connectivity index (χ2n) is 7.31. The number of anilines is 1. The fourth-order valence-corrected chi connectivity index (χ4v) is 3.59. The Hall–Kier alpha value is -4.20. The number of benzene rings is 2. The lowest BCUT2D eigenvalue weighted by atomic mass is 10.1. The van der Waals surface area contributed by atoms with E-state index in [1.54, 1.807) is 16.7 Å². The largest absolute Gasteiger partial charge is 0.494 e. The summed E-state index contributed by atoms with van der Waals surface area (Å²) in [5.41, 5.74) is 1.63. The van der Waals surface area contributed by atoms with Gasteiger partial charge in [-0.05, 0) is 42.3 Å². The van der Waals surface area contributed by atoms with Gasteiger partial charge in [0.25, 0.3) is 0 Å². The molecule has 162 valence electrons. The molecular formula is C24H20FN3O4. The zero-order valence-corrected chi connectivity index (χ0v) is 17.0. The highest BCUT2D eigenvalue weighted by atomic mass is 19.1. The highest BCUT2D eigenvalue weighted by molar-refractivity contribution is 5.93. The molecule has 0 saturated heterocycles. The van der Waals surface area contributed by atoms with Gasteiger partial charge in [0.1, 0.15) is 11.6 Å². The van der Waals surface area contributed by atoms with E-state index < -0.39 is 5.97 Å². The van der Waals surface area contributed by atoms with Crippen LogP contribution in [0.1, 0.15) is 28.0 Å². The van der Waals surface area contributed by atoms with E-state index in [-0.39, 0.29) is 35.4 Å². The van der Waals surface area contributed by atoms with Gasteiger partial charge in [0.05, 0.1) is 12.1 Å². The highest BCUT2D eigenvalue weighted by Crippen LogP contribution is 2.33. The van der Waals surface area contributed by atoms with Gasteiger partial charge >= 0.3 is 5.97 Å². The summed E-state index contributed by atoms with van der Waals surface area (Å²) in [4.78, 5) is 27.3. The molecule has 0 radical (unpaired) electrons. The first-order valence-electron chi connectivity index (χ1n) is 9.95. The first-order chi connectivity index (χ1) is 15.4. The fraction of sp³-hybridized carbons (Fsp3) is 0.125. The normalized spacial score (nSPS) is 10.9. The highest BCUT2D eigenvalue weighted by Gasteiger charge is 2.17. The van der Waals surface area contributed by atoms with Gasteiger partial charge in [-0.2, -0.15) is 0 Å². The van der Waals surface area contributed by atoms with E-state index in [9.17, 15) is 19.1 Å². The van der Waals surface area contributed by atoms with Crippen LogP contribution >= 0.6 is 0 Å². The number of nitrogens with one attached hydrogen (secondary N) is 1. The number of hydrogen-bond acceptors (Lipinski definition) is 4. The van der Waals surface area contributed by atoms with Gasteiger partial charge in [-0.1, -0.05) is 30.3 Å². The topological polar surface area (TPSA) is 104 Å². The predicted octanol–water partition coefficient (Wildman–Crippen LogP) is 4.20. The zero-order valence-electron chi connectivity index (χ0n) is 17.0. The standard InChI is InChI=1S/C24H20FN3O4/c25-17-8-5-15(6-9-17)14-28-20(18-3-1-2-4-19(18)23(28)30)10-12-22(29)27-21-11-7-16(13-26-21)24(31)32/h1-9,11,13,30H,10,12,14H2,(H,31,32)(H,26,27,29). The molecule has 2 aromatic carbocycles. The van der Waals surface area contributed by atoms with Crippen molar-refractivity contribution in [1.82, 2.24) is 9.55 Å². The third-order valence-electron chi connectivity index (χ3n) is 5.18. The number of hydrogen-bond donors (Lipinski definition) is 3. The van der Waals surface area contributed by atoms with Gasteiger partial charge in [-0.15, -0.1) is 0 Å². The molecule has 2 heterocycles. The molecule has 0 aliphatic rings. The summed E-state index contributed by atoms with van der Waals surface area (Å²) >= 11 is 0. The average Bonchev–Trinajstić information content (AvgIpc) is 3.05. The minimum Gasteiger partial charge on any atom is -0.494 e. The number of carboxylic acid groups (broad SMARTS) is 1. The van der Waals surface area contributed by atoms with Crippen LogP contribution in [0.5, 0.6) is 5.88 Å². The summed E-state index contributed by atoms with van der Waals surface area (Å²) in [7, 11) is 0. The first-order valence-corrected chi connectivity index (χ1v) is 9.95. The molecule has 0 saturated carbocycles. The van der Waals surface area contributed by atoms with Crippen molar-refractivity contribution < 1.29 is 24.2 Å². The van der Waals surface area contributed by atoms with Gasteiger partial charge in [-0.25, -0.2) is 14.2 Å². The number of aromatic nitrogens is 2. The summed E-state index contributed by atoms with van der Waals surface area (Å²) in [6.45, 7) is 0.329. The smallest absolute Gasteiger partial charge is 0.337 e. The molecule has 8 heteroatoms. The van der Waals surface area contributed by atoms with E-state index in [1.165, 1.54) is 30.5 Å². The predicted molar refractivity (Wildman–Crippen MR) is 117 cm³/mol. The minimum atomic E-state index is -1.09. The number of halogens is 1. The number of carbonyl (C=O) groups excluding carboxylic acids is 1. The summed E-state index contributed by atoms with van der Waals surface area (Å²) in [5.74, 6) is -1.37. The van der Waals surface area contributed by atoms with Crippen LogP contribution in [-0.2, 0) is 17.8 Å². The van der Waals surface area contributed by atoms with Crippen LogP contribution in [0, 0.1) is 5.82 Å². The molecular weight excluding hydrogens is 413 g/mol. The molecule has 0 spiro atoms. The fourth-order valence-electron chi connectivity index (χ4n) is 3.59. The number of carboxylic acids is 1. The number of nitrogens with zero attached hydrogens (tertiary/aromatic N) is 2. The molecule has 0 fully saturated rings. The molecule has 1 amide bonds. The molecule has 4 aromatic rings. The Morgan fingerprint density at radius 3 is 2.38 bits per heavy atom. The lowest BCUT2D eigenvalue weighted by Crippen LogP contribution is -2.15. The van der Waals surface area contributed by atoms with Crippen molar-refractivity contribution in [2.45, 2.75) is 19.4 Å². The Bertz CT molecular complexity index is 1280. The van der Waals surface area contributed by atoms with Crippen molar-refractivity contribution in [2.24, 2.45) is 0 Å². The third-order valence-corrected chi connectivity index (χ3v) is 5.18. The van der Waals surface area contributed by atoms with Crippen LogP contribution in [0.2, 0.25) is 0 Å². The maximum absolute atomic E-state index is 13.3. The average molecular weight is 433 g/mol. The molecule has 32 heavy (non-hydrogen) atoms. The first kappa shape index (κ1) is 21.0. The van der Waals surface area contributed by atoms with E-state index in [4.69, 9.17) is 5.11 Å². The Kier molecular flexibility index (Phi) is 5.85. The summed E-state index contributed by atoms with van der Waals surface area (Å²) in [5, 5.41) is 23.9. The SMILES string of the molecule is O=C(CCc1c2ccccc2c(O)n1Cc1ccc(F)cc1)Nc1ccc(C(=O)O)cn1. The Morgan fingerprint density at radius 2 is 1.72 bits per heavy atom. The monoisotopic (exact) mass is 433 g/mol. The third kappa shape index (κ3) is 4.44. The summed E-state index contributed by atoms with van der Waals surface area (Å²) in [6.07, 6.45) is 1.65. The number of carbonyl (C=O) groups is 2. The number of rotatable bonds is 7. The number of pyridine rings is 1. The van der Waals surface area contributed by atoms with Crippen LogP contribution < -0.4 is 5.32 Å². The van der Waals surface area contributed by atoms with Crippen molar-refractivity contribution in [1.29, 1.82) is 0 Å². The lowest BCUT2D eigenvalue weighted by molar-refractivity contribution is -0.116. The van der Waals surface area contributed by atoms with Crippen molar-refractivity contribution in [3.8, 4) is 5.88 Å². The Balaban J connectivity index is 1.54. The molecule has 0 aliphatic heterocycles. The van der Waals surface area contributed by atoms with Gasteiger partial charge in [0.15, 0.2) is 5.88 Å². The van der Waals surface area contributed by atoms with Crippen molar-refractivity contribution >= 4 is 28.5 Å². The van der Waals surface area contributed by atoms with Gasteiger partial charge in [-0.3, -0.25) is 4.79 Å². The number of aromatic hydroxyl groups is 1. The minimum absolute atomic E-state index is 0.0311. The lowest BCUT2D eigenvalue weighted by Gasteiger charge is -2.11. The maximum Gasteiger partial charge on any atom is 0.337 e. The van der Waals surface area contributed by atoms with Crippen LogP contribution in [0.4, 0.5) is 10.2 Å². The molecule has 4 rings (SSSR count). The number of aryl methyl sites for hydroxylation is 1. The van der Waals surface area contributed by atoms with Gasteiger partial charge in [0, 0.05) is 29.1 Å². The molecule has 0 unspecified atom stereocenters. The zero-order chi connectivity index (χ0) is 22.7. The molecule has 0 bridgehead atoms. The van der Waals surface area contributed by atoms with E-state index in [2.05, 4.69) is 10.3 Å². The summed E-state index contributed by atoms with van der Waals surface area (Å²) < 4.78 is 15.0. The van der Waals surface area contributed by atoms with Crippen LogP contribution in [-0.4, -0.2) is 31.6 Å². The Labute approximate surface area is 182 Å². The van der Waals surface area contributed by atoms with E-state index in [1.807, 2.05) is 24.3 Å². The quantitative estimate of drug-likeness (QED) is 0.405. The van der Waals surface area contributed by atoms with Crippen molar-refractivity contribution in [3.63, 3.8) is 0 Å². The number of aromatic carboxylic acids is 1.